The van der Waals surface area contributed by atoms with Crippen LogP contribution in [0.1, 0.15) is 57.0 Å². The van der Waals surface area contributed by atoms with Crippen molar-refractivity contribution in [3.8, 4) is 0 Å². The Morgan fingerprint density at radius 2 is 1.96 bits per heavy atom. The molecule has 1 unspecified atom stereocenters. The highest BCUT2D eigenvalue weighted by Crippen LogP contribution is 2.23. The Kier molecular flexibility index (Phi) is 7.47. The van der Waals surface area contributed by atoms with Gasteiger partial charge in [-0.3, -0.25) is 9.69 Å². The van der Waals surface area contributed by atoms with Gasteiger partial charge < -0.3 is 5.32 Å². The lowest BCUT2D eigenvalue weighted by Crippen LogP contribution is -2.54. The van der Waals surface area contributed by atoms with Gasteiger partial charge in [0.2, 0.25) is 5.91 Å². The van der Waals surface area contributed by atoms with Crippen molar-refractivity contribution >= 4 is 17.7 Å². The van der Waals surface area contributed by atoms with E-state index in [9.17, 15) is 4.79 Å². The molecule has 0 radical (unpaired) electrons. The number of rotatable bonds is 7. The Bertz CT molecular complexity index is 609. The summed E-state index contributed by atoms with van der Waals surface area (Å²) in [4.78, 5) is 23.9. The number of hydrogen-bond acceptors (Lipinski definition) is 5. The summed E-state index contributed by atoms with van der Waals surface area (Å²) in [5.41, 5.74) is 3.07. The first-order valence-corrected chi connectivity index (χ1v) is 10.8. The number of carbonyl (C=O) groups excluding carboxylic acids is 1. The molecule has 0 aromatic carbocycles. The van der Waals surface area contributed by atoms with E-state index >= 15 is 0 Å². The third-order valence-electron chi connectivity index (χ3n) is 5.42. The van der Waals surface area contributed by atoms with Crippen LogP contribution in [0.15, 0.2) is 5.16 Å². The number of thioether (sulfide) groups is 1. The molecule has 1 aromatic heterocycles. The number of nitrogens with zero attached hydrogens (tertiary/aromatic N) is 3. The second-order valence-electron chi connectivity index (χ2n) is 8.14. The van der Waals surface area contributed by atoms with Gasteiger partial charge in [-0.2, -0.15) is 0 Å². The van der Waals surface area contributed by atoms with Gasteiger partial charge in [0.05, 0.1) is 0 Å². The number of amides is 1. The first kappa shape index (κ1) is 21.2. The predicted molar refractivity (Wildman–Crippen MR) is 109 cm³/mol. The summed E-state index contributed by atoms with van der Waals surface area (Å²) in [6.45, 7) is 13.7. The van der Waals surface area contributed by atoms with Crippen molar-refractivity contribution in [3.05, 3.63) is 17.0 Å². The van der Waals surface area contributed by atoms with Crippen LogP contribution in [-0.2, 0) is 11.2 Å². The molecule has 1 aliphatic rings. The molecule has 0 saturated carbocycles. The summed E-state index contributed by atoms with van der Waals surface area (Å²) >= 11 is 1.55. The summed E-state index contributed by atoms with van der Waals surface area (Å²) < 4.78 is 0. The molecule has 1 saturated heterocycles. The topological polar surface area (TPSA) is 58.1 Å². The number of aryl methyl sites for hydroxylation is 2. The molecule has 0 aliphatic carbocycles. The molecule has 6 heteroatoms. The van der Waals surface area contributed by atoms with Crippen molar-refractivity contribution in [2.45, 2.75) is 71.0 Å². The maximum absolute atomic E-state index is 12.4. The lowest BCUT2D eigenvalue weighted by molar-refractivity contribution is -0.121. The van der Waals surface area contributed by atoms with E-state index in [4.69, 9.17) is 0 Å². The van der Waals surface area contributed by atoms with Crippen molar-refractivity contribution in [1.82, 2.24) is 20.2 Å². The molecule has 26 heavy (non-hydrogen) atoms. The van der Waals surface area contributed by atoms with Crippen LogP contribution in [-0.4, -0.2) is 52.2 Å². The van der Waals surface area contributed by atoms with Gasteiger partial charge in [0.1, 0.15) is 0 Å². The zero-order valence-corrected chi connectivity index (χ0v) is 18.0. The fourth-order valence-electron chi connectivity index (χ4n) is 3.65. The summed E-state index contributed by atoms with van der Waals surface area (Å²) in [5.74, 6) is 0.852. The Morgan fingerprint density at radius 1 is 1.31 bits per heavy atom. The Labute approximate surface area is 162 Å². The van der Waals surface area contributed by atoms with Gasteiger partial charge in [-0.25, -0.2) is 9.97 Å². The lowest BCUT2D eigenvalue weighted by atomic mass is 9.93. The summed E-state index contributed by atoms with van der Waals surface area (Å²) in [7, 11) is 0. The van der Waals surface area contributed by atoms with Gasteiger partial charge in [-0.1, -0.05) is 18.7 Å². The van der Waals surface area contributed by atoms with Gasteiger partial charge in [-0.15, -0.1) is 0 Å². The third-order valence-corrected chi connectivity index (χ3v) is 5.96. The first-order chi connectivity index (χ1) is 12.2. The van der Waals surface area contributed by atoms with Gasteiger partial charge >= 0.3 is 0 Å². The number of piperidine rings is 1. The Morgan fingerprint density at radius 3 is 2.54 bits per heavy atom. The van der Waals surface area contributed by atoms with Crippen LogP contribution in [0.5, 0.6) is 0 Å². The Balaban J connectivity index is 1.85. The summed E-state index contributed by atoms with van der Waals surface area (Å²) in [6, 6.07) is 0. The number of likely N-dealkylation sites (tertiary alicyclic amines) is 1. The minimum atomic E-state index is -0.000712. The predicted octanol–water partition coefficient (Wildman–Crippen LogP) is 3.37. The Hall–Kier alpha value is -1.14. The normalized spacial score (nSPS) is 18.8. The maximum atomic E-state index is 12.4. The number of aromatic nitrogens is 2. The van der Waals surface area contributed by atoms with Crippen molar-refractivity contribution < 1.29 is 4.79 Å². The van der Waals surface area contributed by atoms with E-state index in [1.165, 1.54) is 12.8 Å². The first-order valence-electron chi connectivity index (χ1n) is 9.63. The highest BCUT2D eigenvalue weighted by molar-refractivity contribution is 7.98. The molecule has 2 rings (SSSR count). The number of carbonyl (C=O) groups is 1. The number of nitrogens with one attached hydrogen (secondary N) is 1. The van der Waals surface area contributed by atoms with Crippen LogP contribution in [0.2, 0.25) is 0 Å². The second kappa shape index (κ2) is 9.18. The highest BCUT2D eigenvalue weighted by atomic mass is 32.2. The van der Waals surface area contributed by atoms with Crippen LogP contribution in [0.3, 0.4) is 0 Å². The molecule has 1 aromatic rings. The van der Waals surface area contributed by atoms with Crippen molar-refractivity contribution in [1.29, 1.82) is 0 Å². The van der Waals surface area contributed by atoms with Crippen molar-refractivity contribution in [2.24, 2.45) is 5.92 Å². The highest BCUT2D eigenvalue weighted by Gasteiger charge is 2.30. The van der Waals surface area contributed by atoms with Crippen LogP contribution in [0.25, 0.3) is 0 Å². The zero-order chi connectivity index (χ0) is 19.3. The molecule has 1 atom stereocenters. The monoisotopic (exact) mass is 378 g/mol. The molecule has 1 N–H and O–H groups in total. The minimum absolute atomic E-state index is 0.000712. The van der Waals surface area contributed by atoms with Crippen LogP contribution < -0.4 is 5.32 Å². The molecule has 1 fully saturated rings. The number of hydrogen-bond donors (Lipinski definition) is 1. The van der Waals surface area contributed by atoms with Crippen molar-refractivity contribution in [2.75, 3.05) is 25.9 Å². The summed E-state index contributed by atoms with van der Waals surface area (Å²) in [5, 5.41) is 3.94. The molecule has 2 heterocycles. The SMILES string of the molecule is CSc1nc(C)c(CCC(=O)NCC(C)(C)N2CCCC(C)C2)c(C)n1. The van der Waals surface area contributed by atoms with Crippen molar-refractivity contribution in [3.63, 3.8) is 0 Å². The van der Waals surface area contributed by atoms with E-state index in [0.717, 1.165) is 41.1 Å². The van der Waals surface area contributed by atoms with E-state index in [1.54, 1.807) is 11.8 Å². The van der Waals surface area contributed by atoms with Crippen LogP contribution in [0.4, 0.5) is 0 Å². The van der Waals surface area contributed by atoms with E-state index in [0.29, 0.717) is 19.4 Å². The molecule has 1 amide bonds. The largest absolute Gasteiger partial charge is 0.354 e. The molecular weight excluding hydrogens is 344 g/mol. The standard InChI is InChI=1S/C20H34N4OS/c1-14-8-7-11-24(12-14)20(4,5)13-21-18(25)10-9-17-15(2)22-19(26-6)23-16(17)3/h14H,7-13H2,1-6H3,(H,21,25). The maximum Gasteiger partial charge on any atom is 0.220 e. The van der Waals surface area contributed by atoms with E-state index in [2.05, 4.69) is 41.0 Å². The molecule has 0 bridgehead atoms. The quantitative estimate of drug-likeness (QED) is 0.582. The van der Waals surface area contributed by atoms with Crippen LogP contribution >= 0.6 is 11.8 Å². The smallest absolute Gasteiger partial charge is 0.220 e. The average molecular weight is 379 g/mol. The lowest BCUT2D eigenvalue weighted by Gasteiger charge is -2.43. The third kappa shape index (κ3) is 5.68. The molecule has 146 valence electrons. The molecule has 5 nitrogen and oxygen atoms in total. The molecule has 0 spiro atoms. The average Bonchev–Trinajstić information content (AvgIpc) is 2.59. The molecule has 1 aliphatic heterocycles. The van der Waals surface area contributed by atoms with Gasteiger partial charge in [0.15, 0.2) is 5.16 Å². The fraction of sp³-hybridized carbons (Fsp3) is 0.750. The second-order valence-corrected chi connectivity index (χ2v) is 8.92. The van der Waals surface area contributed by atoms with Gasteiger partial charge in [0, 0.05) is 36.4 Å². The fourth-order valence-corrected chi connectivity index (χ4v) is 4.11. The zero-order valence-electron chi connectivity index (χ0n) is 17.2. The van der Waals surface area contributed by atoms with E-state index < -0.39 is 0 Å². The molecular formula is C20H34N4OS. The minimum Gasteiger partial charge on any atom is -0.354 e. The van der Waals surface area contributed by atoms with Gasteiger partial charge in [0.25, 0.3) is 0 Å². The van der Waals surface area contributed by atoms with Crippen LogP contribution in [0, 0.1) is 19.8 Å². The van der Waals surface area contributed by atoms with E-state index in [1.807, 2.05) is 20.1 Å². The summed E-state index contributed by atoms with van der Waals surface area (Å²) in [6.07, 6.45) is 5.72. The van der Waals surface area contributed by atoms with E-state index in [-0.39, 0.29) is 11.4 Å². The van der Waals surface area contributed by atoms with Gasteiger partial charge in [-0.05, 0) is 71.2 Å².